The highest BCUT2D eigenvalue weighted by Gasteiger charge is 2.27. The SMILES string of the molecule is CN(CN1C(=O)Cc2cc(Br)ccc21)c1ccccc1. The predicted octanol–water partition coefficient (Wildman–Crippen LogP) is 3.43. The van der Waals surface area contributed by atoms with Gasteiger partial charge in [0.25, 0.3) is 0 Å². The molecule has 1 aliphatic rings. The minimum Gasteiger partial charge on any atom is -0.356 e. The number of rotatable bonds is 3. The van der Waals surface area contributed by atoms with Crippen LogP contribution in [0, 0.1) is 0 Å². The van der Waals surface area contributed by atoms with Gasteiger partial charge < -0.3 is 4.90 Å². The number of hydrogen-bond acceptors (Lipinski definition) is 2. The zero-order valence-corrected chi connectivity index (χ0v) is 12.8. The molecule has 20 heavy (non-hydrogen) atoms. The Bertz CT molecular complexity index is 642. The van der Waals surface area contributed by atoms with E-state index < -0.39 is 0 Å². The molecule has 102 valence electrons. The second-order valence-electron chi connectivity index (χ2n) is 4.95. The first-order chi connectivity index (χ1) is 9.65. The van der Waals surface area contributed by atoms with Crippen LogP contribution in [-0.2, 0) is 11.2 Å². The third-order valence-electron chi connectivity index (χ3n) is 3.53. The first kappa shape index (κ1) is 13.2. The number of fused-ring (bicyclic) bond motifs is 1. The molecule has 0 radical (unpaired) electrons. The highest BCUT2D eigenvalue weighted by Crippen LogP contribution is 2.31. The third-order valence-corrected chi connectivity index (χ3v) is 4.02. The van der Waals surface area contributed by atoms with Gasteiger partial charge in [-0.3, -0.25) is 9.69 Å². The molecule has 0 aromatic heterocycles. The van der Waals surface area contributed by atoms with Crippen LogP contribution in [0.3, 0.4) is 0 Å². The monoisotopic (exact) mass is 330 g/mol. The number of halogens is 1. The summed E-state index contributed by atoms with van der Waals surface area (Å²) in [7, 11) is 2.00. The van der Waals surface area contributed by atoms with E-state index in [0.717, 1.165) is 21.4 Å². The van der Waals surface area contributed by atoms with E-state index in [1.165, 1.54) is 0 Å². The van der Waals surface area contributed by atoms with Crippen LogP contribution in [0.25, 0.3) is 0 Å². The fourth-order valence-electron chi connectivity index (χ4n) is 2.48. The number of hydrogen-bond donors (Lipinski definition) is 0. The standard InChI is InChI=1S/C16H15BrN2O/c1-18(14-5-3-2-4-6-14)11-19-15-8-7-13(17)9-12(15)10-16(19)20/h2-9H,10-11H2,1H3. The van der Waals surface area contributed by atoms with Crippen molar-refractivity contribution in [3.63, 3.8) is 0 Å². The highest BCUT2D eigenvalue weighted by atomic mass is 79.9. The molecule has 0 spiro atoms. The quantitative estimate of drug-likeness (QED) is 0.860. The number of amides is 1. The van der Waals surface area contributed by atoms with Gasteiger partial charge in [0.05, 0.1) is 13.1 Å². The molecule has 0 saturated carbocycles. The summed E-state index contributed by atoms with van der Waals surface area (Å²) in [4.78, 5) is 16.1. The number of para-hydroxylation sites is 1. The molecule has 4 heteroatoms. The fourth-order valence-corrected chi connectivity index (χ4v) is 2.89. The van der Waals surface area contributed by atoms with E-state index in [-0.39, 0.29) is 5.91 Å². The second kappa shape index (κ2) is 5.29. The Balaban J connectivity index is 1.84. The molecule has 3 nitrogen and oxygen atoms in total. The molecule has 1 heterocycles. The van der Waals surface area contributed by atoms with E-state index in [1.807, 2.05) is 60.5 Å². The molecular formula is C16H15BrN2O. The molecule has 0 unspecified atom stereocenters. The molecule has 2 aromatic rings. The summed E-state index contributed by atoms with van der Waals surface area (Å²) in [5, 5.41) is 0. The topological polar surface area (TPSA) is 23.6 Å². The van der Waals surface area contributed by atoms with Gasteiger partial charge in [0, 0.05) is 22.9 Å². The lowest BCUT2D eigenvalue weighted by Gasteiger charge is -2.26. The van der Waals surface area contributed by atoms with Gasteiger partial charge in [0.15, 0.2) is 0 Å². The normalized spacial score (nSPS) is 13.5. The van der Waals surface area contributed by atoms with Crippen LogP contribution >= 0.6 is 15.9 Å². The Morgan fingerprint density at radius 3 is 2.70 bits per heavy atom. The van der Waals surface area contributed by atoms with Crippen LogP contribution < -0.4 is 9.80 Å². The van der Waals surface area contributed by atoms with Crippen molar-refractivity contribution in [2.75, 3.05) is 23.5 Å². The first-order valence-electron chi connectivity index (χ1n) is 6.50. The highest BCUT2D eigenvalue weighted by molar-refractivity contribution is 9.10. The Morgan fingerprint density at radius 1 is 1.20 bits per heavy atom. The van der Waals surface area contributed by atoms with Crippen molar-refractivity contribution in [1.29, 1.82) is 0 Å². The lowest BCUT2D eigenvalue weighted by Crippen LogP contribution is -2.37. The Hall–Kier alpha value is -1.81. The van der Waals surface area contributed by atoms with E-state index in [2.05, 4.69) is 20.8 Å². The van der Waals surface area contributed by atoms with Gasteiger partial charge in [-0.25, -0.2) is 0 Å². The van der Waals surface area contributed by atoms with Crippen molar-refractivity contribution in [2.24, 2.45) is 0 Å². The van der Waals surface area contributed by atoms with Crippen LogP contribution in [0.5, 0.6) is 0 Å². The van der Waals surface area contributed by atoms with Crippen LogP contribution in [0.15, 0.2) is 53.0 Å². The van der Waals surface area contributed by atoms with Crippen molar-refractivity contribution in [2.45, 2.75) is 6.42 Å². The molecule has 0 aliphatic carbocycles. The second-order valence-corrected chi connectivity index (χ2v) is 5.86. The first-order valence-corrected chi connectivity index (χ1v) is 7.29. The van der Waals surface area contributed by atoms with Crippen molar-refractivity contribution < 1.29 is 4.79 Å². The number of carbonyl (C=O) groups is 1. The molecular weight excluding hydrogens is 316 g/mol. The van der Waals surface area contributed by atoms with Gasteiger partial charge in [-0.15, -0.1) is 0 Å². The van der Waals surface area contributed by atoms with Gasteiger partial charge in [0.2, 0.25) is 5.91 Å². The number of nitrogens with zero attached hydrogens (tertiary/aromatic N) is 2. The Morgan fingerprint density at radius 2 is 1.95 bits per heavy atom. The summed E-state index contributed by atoms with van der Waals surface area (Å²) in [5.41, 5.74) is 3.21. The summed E-state index contributed by atoms with van der Waals surface area (Å²) in [6, 6.07) is 16.1. The van der Waals surface area contributed by atoms with Crippen molar-refractivity contribution >= 4 is 33.2 Å². The smallest absolute Gasteiger partial charge is 0.232 e. The summed E-state index contributed by atoms with van der Waals surface area (Å²) in [6.07, 6.45) is 0.484. The predicted molar refractivity (Wildman–Crippen MR) is 85.0 cm³/mol. The number of benzene rings is 2. The van der Waals surface area contributed by atoms with Gasteiger partial charge in [-0.1, -0.05) is 34.1 Å². The molecule has 0 atom stereocenters. The Labute approximate surface area is 126 Å². The summed E-state index contributed by atoms with van der Waals surface area (Å²) in [6.45, 7) is 0.567. The van der Waals surface area contributed by atoms with Crippen molar-refractivity contribution in [3.8, 4) is 0 Å². The fraction of sp³-hybridized carbons (Fsp3) is 0.188. The van der Waals surface area contributed by atoms with E-state index in [4.69, 9.17) is 0 Å². The maximum absolute atomic E-state index is 12.2. The third kappa shape index (κ3) is 2.43. The molecule has 3 rings (SSSR count). The lowest BCUT2D eigenvalue weighted by molar-refractivity contribution is -0.117. The van der Waals surface area contributed by atoms with Crippen LogP contribution in [-0.4, -0.2) is 19.6 Å². The number of carbonyl (C=O) groups excluding carboxylic acids is 1. The maximum atomic E-state index is 12.2. The average molecular weight is 331 g/mol. The van der Waals surface area contributed by atoms with Gasteiger partial charge >= 0.3 is 0 Å². The zero-order chi connectivity index (χ0) is 14.1. The lowest BCUT2D eigenvalue weighted by atomic mass is 10.2. The summed E-state index contributed by atoms with van der Waals surface area (Å²) in [5.74, 6) is 0.154. The van der Waals surface area contributed by atoms with E-state index in [1.54, 1.807) is 0 Å². The molecule has 0 N–H and O–H groups in total. The van der Waals surface area contributed by atoms with Crippen molar-refractivity contribution in [1.82, 2.24) is 0 Å². The van der Waals surface area contributed by atoms with E-state index >= 15 is 0 Å². The largest absolute Gasteiger partial charge is 0.356 e. The van der Waals surface area contributed by atoms with Gasteiger partial charge in [-0.05, 0) is 35.9 Å². The summed E-state index contributed by atoms with van der Waals surface area (Å²) >= 11 is 3.45. The number of anilines is 2. The molecule has 1 aliphatic heterocycles. The zero-order valence-electron chi connectivity index (χ0n) is 11.2. The maximum Gasteiger partial charge on any atom is 0.232 e. The van der Waals surface area contributed by atoms with Crippen LogP contribution in [0.4, 0.5) is 11.4 Å². The minimum atomic E-state index is 0.154. The molecule has 0 fully saturated rings. The van der Waals surface area contributed by atoms with Gasteiger partial charge in [0.1, 0.15) is 0 Å². The van der Waals surface area contributed by atoms with Crippen LogP contribution in [0.2, 0.25) is 0 Å². The Kier molecular flexibility index (Phi) is 3.49. The minimum absolute atomic E-state index is 0.154. The van der Waals surface area contributed by atoms with Crippen LogP contribution in [0.1, 0.15) is 5.56 Å². The summed E-state index contributed by atoms with van der Waals surface area (Å²) < 4.78 is 1.02. The van der Waals surface area contributed by atoms with Crippen molar-refractivity contribution in [3.05, 3.63) is 58.6 Å². The molecule has 0 bridgehead atoms. The average Bonchev–Trinajstić information content (AvgIpc) is 2.75. The molecule has 2 aromatic carbocycles. The molecule has 0 saturated heterocycles. The van der Waals surface area contributed by atoms with E-state index in [9.17, 15) is 4.79 Å². The van der Waals surface area contributed by atoms with E-state index in [0.29, 0.717) is 13.1 Å². The van der Waals surface area contributed by atoms with Gasteiger partial charge in [-0.2, -0.15) is 0 Å². The molecule has 1 amide bonds.